The summed E-state index contributed by atoms with van der Waals surface area (Å²) in [5, 5.41) is 0.642. The largest absolute Gasteiger partial charge is 0.360 e. The van der Waals surface area contributed by atoms with E-state index in [1.165, 1.54) is 6.07 Å². The lowest BCUT2D eigenvalue weighted by Gasteiger charge is -1.98. The Bertz CT molecular complexity index is 438. The van der Waals surface area contributed by atoms with E-state index in [0.29, 0.717) is 5.39 Å². The van der Waals surface area contributed by atoms with Crippen LogP contribution in [0.5, 0.6) is 0 Å². The predicted molar refractivity (Wildman–Crippen MR) is 51.0 cm³/mol. The molecule has 1 aromatic carbocycles. The Morgan fingerprint density at radius 3 is 3.00 bits per heavy atom. The second-order valence-electron chi connectivity index (χ2n) is 2.42. The third-order valence-corrected chi connectivity index (χ3v) is 2.59. The Morgan fingerprint density at radius 2 is 2.25 bits per heavy atom. The van der Waals surface area contributed by atoms with E-state index in [9.17, 15) is 4.39 Å². The van der Waals surface area contributed by atoms with E-state index < -0.39 is 0 Å². The zero-order chi connectivity index (χ0) is 8.72. The van der Waals surface area contributed by atoms with Crippen molar-refractivity contribution in [2.45, 2.75) is 0 Å². The van der Waals surface area contributed by atoms with Gasteiger partial charge in [-0.2, -0.15) is 0 Å². The van der Waals surface area contributed by atoms with Crippen molar-refractivity contribution in [3.8, 4) is 0 Å². The van der Waals surface area contributed by atoms with Crippen LogP contribution in [0.15, 0.2) is 22.8 Å². The fourth-order valence-electron chi connectivity index (χ4n) is 1.13. The summed E-state index contributed by atoms with van der Waals surface area (Å²) in [5.41, 5.74) is 0.733. The molecule has 1 heterocycles. The summed E-state index contributed by atoms with van der Waals surface area (Å²) in [6.45, 7) is 0. The lowest BCUT2D eigenvalue weighted by Crippen LogP contribution is -1.79. The predicted octanol–water partition coefficient (Wildman–Crippen LogP) is 3.72. The van der Waals surface area contributed by atoms with Gasteiger partial charge < -0.3 is 4.98 Å². The average Bonchev–Trinajstić information content (AvgIpc) is 2.48. The molecule has 2 rings (SSSR count). The number of halogens is 3. The van der Waals surface area contributed by atoms with Crippen LogP contribution in [-0.4, -0.2) is 4.98 Å². The zero-order valence-electron chi connectivity index (χ0n) is 5.87. The summed E-state index contributed by atoms with van der Waals surface area (Å²) in [4.78, 5) is 2.91. The SMILES string of the molecule is Fc1c(Cl)cc(Br)c2[nH]ccc12. The number of hydrogen-bond acceptors (Lipinski definition) is 0. The molecule has 0 atom stereocenters. The molecular weight excluding hydrogens is 244 g/mol. The molecule has 0 amide bonds. The third-order valence-electron chi connectivity index (χ3n) is 1.69. The van der Waals surface area contributed by atoms with E-state index in [-0.39, 0.29) is 10.8 Å². The van der Waals surface area contributed by atoms with Gasteiger partial charge in [-0.15, -0.1) is 0 Å². The minimum Gasteiger partial charge on any atom is -0.360 e. The van der Waals surface area contributed by atoms with Crippen molar-refractivity contribution in [1.29, 1.82) is 0 Å². The molecule has 0 aliphatic heterocycles. The van der Waals surface area contributed by atoms with E-state index in [1.807, 2.05) is 0 Å². The monoisotopic (exact) mass is 247 g/mol. The Kier molecular flexibility index (Phi) is 1.85. The van der Waals surface area contributed by atoms with Gasteiger partial charge in [0.05, 0.1) is 10.5 Å². The average molecular weight is 248 g/mol. The molecule has 0 saturated carbocycles. The highest BCUT2D eigenvalue weighted by Crippen LogP contribution is 2.30. The van der Waals surface area contributed by atoms with Gasteiger partial charge in [-0.25, -0.2) is 4.39 Å². The lowest BCUT2D eigenvalue weighted by molar-refractivity contribution is 0.640. The van der Waals surface area contributed by atoms with Gasteiger partial charge in [0, 0.05) is 16.1 Å². The van der Waals surface area contributed by atoms with Gasteiger partial charge in [0.2, 0.25) is 0 Å². The lowest BCUT2D eigenvalue weighted by atomic mass is 10.2. The smallest absolute Gasteiger partial charge is 0.151 e. The first-order valence-electron chi connectivity index (χ1n) is 3.30. The van der Waals surface area contributed by atoms with Gasteiger partial charge in [-0.1, -0.05) is 11.6 Å². The Balaban J connectivity index is 2.97. The molecule has 4 heteroatoms. The summed E-state index contributed by atoms with van der Waals surface area (Å²) in [6.07, 6.45) is 1.68. The van der Waals surface area contributed by atoms with Crippen molar-refractivity contribution < 1.29 is 4.39 Å². The van der Waals surface area contributed by atoms with E-state index in [0.717, 1.165) is 9.99 Å². The third kappa shape index (κ3) is 1.04. The summed E-state index contributed by atoms with van der Waals surface area (Å²) in [7, 11) is 0. The first-order valence-corrected chi connectivity index (χ1v) is 4.48. The maximum absolute atomic E-state index is 13.2. The maximum atomic E-state index is 13.2. The molecule has 12 heavy (non-hydrogen) atoms. The zero-order valence-corrected chi connectivity index (χ0v) is 8.21. The summed E-state index contributed by atoms with van der Waals surface area (Å²) in [6, 6.07) is 3.19. The Labute approximate surface area is 81.7 Å². The molecule has 0 fully saturated rings. The molecular formula is C8H4BrClFN. The highest BCUT2D eigenvalue weighted by atomic mass is 79.9. The second kappa shape index (κ2) is 2.75. The van der Waals surface area contributed by atoms with Gasteiger partial charge in [-0.3, -0.25) is 0 Å². The molecule has 0 radical (unpaired) electrons. The van der Waals surface area contributed by atoms with Gasteiger partial charge >= 0.3 is 0 Å². The van der Waals surface area contributed by atoms with Crippen LogP contribution in [0, 0.1) is 5.82 Å². The second-order valence-corrected chi connectivity index (χ2v) is 3.68. The maximum Gasteiger partial charge on any atom is 0.151 e. The van der Waals surface area contributed by atoms with Crippen molar-refractivity contribution in [1.82, 2.24) is 4.98 Å². The molecule has 1 aromatic heterocycles. The fraction of sp³-hybridized carbons (Fsp3) is 0. The first kappa shape index (κ1) is 8.08. The van der Waals surface area contributed by atoms with Crippen LogP contribution >= 0.6 is 27.5 Å². The van der Waals surface area contributed by atoms with Gasteiger partial charge in [0.15, 0.2) is 5.82 Å². The van der Waals surface area contributed by atoms with Gasteiger partial charge in [0.25, 0.3) is 0 Å². The number of aromatic nitrogens is 1. The first-order chi connectivity index (χ1) is 5.70. The highest BCUT2D eigenvalue weighted by molar-refractivity contribution is 9.10. The quantitative estimate of drug-likeness (QED) is 0.684. The number of fused-ring (bicyclic) bond motifs is 1. The van der Waals surface area contributed by atoms with Crippen molar-refractivity contribution in [3.05, 3.63) is 33.6 Å². The summed E-state index contributed by atoms with van der Waals surface area (Å²) < 4.78 is 14.0. The number of aromatic amines is 1. The van der Waals surface area contributed by atoms with Crippen LogP contribution in [0.4, 0.5) is 4.39 Å². The molecule has 1 N–H and O–H groups in total. The molecule has 0 spiro atoms. The number of H-pyrrole nitrogens is 1. The van der Waals surface area contributed by atoms with Crippen molar-refractivity contribution in [2.24, 2.45) is 0 Å². The molecule has 1 nitrogen and oxygen atoms in total. The summed E-state index contributed by atoms with van der Waals surface area (Å²) >= 11 is 8.91. The van der Waals surface area contributed by atoms with Crippen LogP contribution < -0.4 is 0 Å². The molecule has 0 saturated heterocycles. The molecule has 0 aliphatic carbocycles. The molecule has 62 valence electrons. The normalized spacial score (nSPS) is 10.9. The topological polar surface area (TPSA) is 15.8 Å². The van der Waals surface area contributed by atoms with Crippen molar-refractivity contribution in [3.63, 3.8) is 0 Å². The molecule has 0 unspecified atom stereocenters. The molecule has 2 aromatic rings. The number of nitrogens with one attached hydrogen (secondary N) is 1. The molecule has 0 bridgehead atoms. The van der Waals surface area contributed by atoms with Crippen LogP contribution in [0.1, 0.15) is 0 Å². The number of hydrogen-bond donors (Lipinski definition) is 1. The van der Waals surface area contributed by atoms with Crippen LogP contribution in [0.25, 0.3) is 10.9 Å². The Morgan fingerprint density at radius 1 is 1.50 bits per heavy atom. The van der Waals surface area contributed by atoms with Crippen molar-refractivity contribution >= 4 is 38.4 Å². The fourth-order valence-corrected chi connectivity index (χ4v) is 2.03. The van der Waals surface area contributed by atoms with E-state index in [4.69, 9.17) is 11.6 Å². The van der Waals surface area contributed by atoms with Crippen LogP contribution in [0.3, 0.4) is 0 Å². The Hall–Kier alpha value is -0.540. The van der Waals surface area contributed by atoms with Gasteiger partial charge in [0.1, 0.15) is 0 Å². The minimum atomic E-state index is -0.379. The van der Waals surface area contributed by atoms with E-state index in [2.05, 4.69) is 20.9 Å². The molecule has 0 aliphatic rings. The minimum absolute atomic E-state index is 0.133. The van der Waals surface area contributed by atoms with Crippen molar-refractivity contribution in [2.75, 3.05) is 0 Å². The van der Waals surface area contributed by atoms with E-state index in [1.54, 1.807) is 12.3 Å². The van der Waals surface area contributed by atoms with Gasteiger partial charge in [-0.05, 0) is 28.1 Å². The standard InChI is InChI=1S/C8H4BrClFN/c9-5-3-6(10)7(11)4-1-2-12-8(4)5/h1-3,12H. The van der Waals surface area contributed by atoms with Crippen LogP contribution in [0.2, 0.25) is 5.02 Å². The number of benzene rings is 1. The number of rotatable bonds is 0. The van der Waals surface area contributed by atoms with E-state index >= 15 is 0 Å². The highest BCUT2D eigenvalue weighted by Gasteiger charge is 2.09. The summed E-state index contributed by atoms with van der Waals surface area (Å²) in [5.74, 6) is -0.379. The van der Waals surface area contributed by atoms with Crippen LogP contribution in [-0.2, 0) is 0 Å².